The molecule has 2 aromatic carbocycles. The molecule has 9 heteroatoms. The number of esters is 1. The van der Waals surface area contributed by atoms with Crippen molar-refractivity contribution in [2.24, 2.45) is 0 Å². The molecule has 1 amide bonds. The summed E-state index contributed by atoms with van der Waals surface area (Å²) >= 11 is 12.2. The summed E-state index contributed by atoms with van der Waals surface area (Å²) < 4.78 is 4.84. The Bertz CT molecular complexity index is 1130. The van der Waals surface area contributed by atoms with E-state index in [0.29, 0.717) is 5.95 Å². The molecular weight excluding hydrogens is 475 g/mol. The van der Waals surface area contributed by atoms with Crippen LogP contribution < -0.4 is 10.2 Å². The first-order valence-electron chi connectivity index (χ1n) is 10.6. The maximum atomic E-state index is 12.7. The fourth-order valence-corrected chi connectivity index (χ4v) is 3.85. The van der Waals surface area contributed by atoms with Crippen LogP contribution in [-0.2, 0) is 9.53 Å². The van der Waals surface area contributed by atoms with Crippen LogP contribution >= 0.6 is 23.2 Å². The number of ether oxygens (including phenoxy) is 1. The lowest BCUT2D eigenvalue weighted by Gasteiger charge is -2.20. The minimum atomic E-state index is -0.897. The first-order valence-corrected chi connectivity index (χ1v) is 11.3. The Morgan fingerprint density at radius 2 is 1.71 bits per heavy atom. The van der Waals surface area contributed by atoms with Gasteiger partial charge in [0.15, 0.2) is 0 Å². The van der Waals surface area contributed by atoms with E-state index in [2.05, 4.69) is 15.3 Å². The van der Waals surface area contributed by atoms with Gasteiger partial charge in [-0.3, -0.25) is 4.79 Å². The lowest BCUT2D eigenvalue weighted by atomic mass is 10.1. The molecule has 176 valence electrons. The molecule has 0 radical (unpaired) electrons. The third-order valence-corrected chi connectivity index (χ3v) is 5.61. The molecule has 7 nitrogen and oxygen atoms in total. The van der Waals surface area contributed by atoms with Crippen molar-refractivity contribution in [2.75, 3.05) is 18.6 Å². The Kier molecular flexibility index (Phi) is 9.01. The van der Waals surface area contributed by atoms with E-state index in [9.17, 15) is 9.59 Å². The Labute approximate surface area is 208 Å². The van der Waals surface area contributed by atoms with Gasteiger partial charge >= 0.3 is 5.97 Å². The predicted molar refractivity (Wildman–Crippen MR) is 135 cm³/mol. The highest BCUT2D eigenvalue weighted by molar-refractivity contribution is 6.39. The molecule has 0 bridgehead atoms. The van der Waals surface area contributed by atoms with E-state index in [1.54, 1.807) is 42.7 Å². The van der Waals surface area contributed by atoms with E-state index >= 15 is 0 Å². The van der Waals surface area contributed by atoms with Crippen LogP contribution in [0.5, 0.6) is 0 Å². The van der Waals surface area contributed by atoms with Crippen LogP contribution in [-0.4, -0.2) is 41.5 Å². The van der Waals surface area contributed by atoms with Gasteiger partial charge in [0.25, 0.3) is 5.91 Å². The summed E-state index contributed by atoms with van der Waals surface area (Å²) in [6.07, 6.45) is 7.30. The number of halogens is 2. The zero-order valence-electron chi connectivity index (χ0n) is 18.7. The normalized spacial score (nSPS) is 11.8. The summed E-state index contributed by atoms with van der Waals surface area (Å²) in [6, 6.07) is 13.5. The summed E-state index contributed by atoms with van der Waals surface area (Å²) in [5, 5.41) is 3.05. The van der Waals surface area contributed by atoms with Crippen molar-refractivity contribution in [2.45, 2.75) is 19.4 Å². The van der Waals surface area contributed by atoms with Gasteiger partial charge in [-0.2, -0.15) is 0 Å². The Morgan fingerprint density at radius 1 is 1.06 bits per heavy atom. The molecular formula is C25H24Cl2N4O3. The van der Waals surface area contributed by atoms with Gasteiger partial charge in [0.05, 0.1) is 22.7 Å². The first kappa shape index (κ1) is 25.2. The second-order valence-electron chi connectivity index (χ2n) is 7.17. The zero-order valence-corrected chi connectivity index (χ0v) is 20.3. The van der Waals surface area contributed by atoms with Crippen molar-refractivity contribution < 1.29 is 14.3 Å². The summed E-state index contributed by atoms with van der Waals surface area (Å²) in [6.45, 7) is 2.75. The van der Waals surface area contributed by atoms with Gasteiger partial charge in [0.1, 0.15) is 6.04 Å². The quantitative estimate of drug-likeness (QED) is 0.402. The van der Waals surface area contributed by atoms with E-state index in [1.165, 1.54) is 7.11 Å². The molecule has 1 heterocycles. The molecule has 0 saturated carbocycles. The molecule has 0 aliphatic heterocycles. The molecule has 1 atom stereocenters. The average Bonchev–Trinajstić information content (AvgIpc) is 2.85. The zero-order chi connectivity index (χ0) is 24.5. The molecule has 0 saturated heterocycles. The maximum Gasteiger partial charge on any atom is 0.328 e. The molecule has 3 aromatic rings. The number of nitrogens with zero attached hydrogens (tertiary/aromatic N) is 3. The number of hydrogen-bond donors (Lipinski definition) is 1. The van der Waals surface area contributed by atoms with Crippen LogP contribution in [0.2, 0.25) is 10.0 Å². The monoisotopic (exact) mass is 498 g/mol. The minimum absolute atomic E-state index is 0.113. The number of nitrogens with one attached hydrogen (secondary N) is 1. The molecule has 0 fully saturated rings. The molecule has 34 heavy (non-hydrogen) atoms. The fraction of sp³-hybridized carbons (Fsp3) is 0.200. The summed E-state index contributed by atoms with van der Waals surface area (Å²) in [5.41, 5.74) is 2.00. The van der Waals surface area contributed by atoms with Crippen LogP contribution in [0.4, 0.5) is 11.6 Å². The van der Waals surface area contributed by atoms with Crippen molar-refractivity contribution in [1.82, 2.24) is 15.3 Å². The number of methoxy groups -OCH3 is 1. The SMILES string of the molecule is CCN(c1ccc(/C=C/CC(NC(=O)c2c(Cl)cccc2Cl)C(=O)OC)cc1)c1ncccn1. The number of rotatable bonds is 9. The first-order chi connectivity index (χ1) is 16.4. The molecule has 0 spiro atoms. The molecule has 1 aromatic heterocycles. The molecule has 3 rings (SSSR count). The van der Waals surface area contributed by atoms with E-state index in [4.69, 9.17) is 27.9 Å². The summed E-state index contributed by atoms with van der Waals surface area (Å²) in [5.74, 6) is -0.493. The van der Waals surface area contributed by atoms with Crippen LogP contribution in [0.1, 0.15) is 29.3 Å². The van der Waals surface area contributed by atoms with Gasteiger partial charge in [0.2, 0.25) is 5.95 Å². The topological polar surface area (TPSA) is 84.4 Å². The van der Waals surface area contributed by atoms with Crippen molar-refractivity contribution in [1.29, 1.82) is 0 Å². The largest absolute Gasteiger partial charge is 0.467 e. The van der Waals surface area contributed by atoms with Crippen LogP contribution in [0.25, 0.3) is 6.08 Å². The van der Waals surface area contributed by atoms with Crippen LogP contribution in [0.3, 0.4) is 0 Å². The van der Waals surface area contributed by atoms with E-state index < -0.39 is 17.9 Å². The summed E-state index contributed by atoms with van der Waals surface area (Å²) in [7, 11) is 1.27. The van der Waals surface area contributed by atoms with Crippen molar-refractivity contribution in [3.8, 4) is 0 Å². The third-order valence-electron chi connectivity index (χ3n) is 4.98. The van der Waals surface area contributed by atoms with Gasteiger partial charge < -0.3 is 15.0 Å². The van der Waals surface area contributed by atoms with Gasteiger partial charge in [0, 0.05) is 24.6 Å². The van der Waals surface area contributed by atoms with Crippen molar-refractivity contribution in [3.63, 3.8) is 0 Å². The maximum absolute atomic E-state index is 12.7. The van der Waals surface area contributed by atoms with E-state index in [-0.39, 0.29) is 22.0 Å². The van der Waals surface area contributed by atoms with Crippen LogP contribution in [0.15, 0.2) is 67.0 Å². The smallest absolute Gasteiger partial charge is 0.328 e. The number of anilines is 2. The highest BCUT2D eigenvalue weighted by Crippen LogP contribution is 2.25. The number of hydrogen-bond acceptors (Lipinski definition) is 6. The van der Waals surface area contributed by atoms with E-state index in [1.807, 2.05) is 42.2 Å². The minimum Gasteiger partial charge on any atom is -0.467 e. The predicted octanol–water partition coefficient (Wildman–Crippen LogP) is 5.32. The highest BCUT2D eigenvalue weighted by atomic mass is 35.5. The second-order valence-corrected chi connectivity index (χ2v) is 7.98. The Morgan fingerprint density at radius 3 is 2.29 bits per heavy atom. The molecule has 0 aliphatic rings. The fourth-order valence-electron chi connectivity index (χ4n) is 3.28. The lowest BCUT2D eigenvalue weighted by molar-refractivity contribution is -0.142. The highest BCUT2D eigenvalue weighted by Gasteiger charge is 2.23. The van der Waals surface area contributed by atoms with Crippen molar-refractivity contribution >= 4 is 52.8 Å². The lowest BCUT2D eigenvalue weighted by Crippen LogP contribution is -2.41. The van der Waals surface area contributed by atoms with Crippen molar-refractivity contribution in [3.05, 3.63) is 88.2 Å². The Hall–Kier alpha value is -3.42. The number of carbonyl (C=O) groups excluding carboxylic acids is 2. The average molecular weight is 499 g/mol. The number of aromatic nitrogens is 2. The molecule has 1 N–H and O–H groups in total. The standard InChI is InChI=1S/C25H24Cl2N4O3/c1-3-31(25-28-15-6-16-29-25)18-13-11-17(12-14-18)7-4-10-21(24(33)34-2)30-23(32)22-19(26)8-5-9-20(22)27/h4-9,11-16,21H,3,10H2,1-2H3,(H,30,32)/b7-4+. The van der Waals surface area contributed by atoms with Gasteiger partial charge in [-0.15, -0.1) is 0 Å². The molecule has 0 aliphatic carbocycles. The van der Waals surface area contributed by atoms with Gasteiger partial charge in [-0.05, 0) is 49.2 Å². The number of carbonyl (C=O) groups is 2. The van der Waals surface area contributed by atoms with E-state index in [0.717, 1.165) is 17.8 Å². The number of amides is 1. The second kappa shape index (κ2) is 12.2. The number of benzene rings is 2. The Balaban J connectivity index is 1.68. The van der Waals surface area contributed by atoms with Crippen LogP contribution in [0, 0.1) is 0 Å². The van der Waals surface area contributed by atoms with Gasteiger partial charge in [-0.1, -0.05) is 53.6 Å². The molecule has 1 unspecified atom stereocenters. The summed E-state index contributed by atoms with van der Waals surface area (Å²) in [4.78, 5) is 35.5. The van der Waals surface area contributed by atoms with Gasteiger partial charge in [-0.25, -0.2) is 14.8 Å². The third kappa shape index (κ3) is 6.34.